The van der Waals surface area contributed by atoms with Gasteiger partial charge in [0.2, 0.25) is 11.8 Å². The molecule has 0 N–H and O–H groups in total. The lowest BCUT2D eigenvalue weighted by Crippen LogP contribution is -2.46. The van der Waals surface area contributed by atoms with E-state index in [4.69, 9.17) is 0 Å². The molecule has 2 aromatic rings. The zero-order chi connectivity index (χ0) is 22.8. The molecule has 8 nitrogen and oxygen atoms in total. The molecule has 4 heterocycles. The van der Waals surface area contributed by atoms with Gasteiger partial charge >= 0.3 is 0 Å². The van der Waals surface area contributed by atoms with Crippen LogP contribution in [-0.4, -0.2) is 62.4 Å². The van der Waals surface area contributed by atoms with Gasteiger partial charge in [-0.2, -0.15) is 10.4 Å². The Morgan fingerprint density at radius 2 is 1.75 bits per heavy atom. The number of aromatic nitrogens is 3. The Morgan fingerprint density at radius 3 is 2.41 bits per heavy atom. The summed E-state index contributed by atoms with van der Waals surface area (Å²) in [6.07, 6.45) is 6.23. The van der Waals surface area contributed by atoms with Crippen LogP contribution in [0, 0.1) is 37.0 Å². The molecule has 2 aliphatic rings. The molecule has 0 aliphatic carbocycles. The van der Waals surface area contributed by atoms with Crippen LogP contribution >= 0.6 is 0 Å². The largest absolute Gasteiger partial charge is 0.343 e. The van der Waals surface area contributed by atoms with E-state index in [1.54, 1.807) is 4.52 Å². The fourth-order valence-electron chi connectivity index (χ4n) is 5.00. The first kappa shape index (κ1) is 22.3. The van der Waals surface area contributed by atoms with Crippen molar-refractivity contribution in [1.29, 1.82) is 5.26 Å². The molecule has 8 heteroatoms. The predicted octanol–water partition coefficient (Wildman–Crippen LogP) is 2.65. The zero-order valence-corrected chi connectivity index (χ0v) is 19.3. The minimum Gasteiger partial charge on any atom is -0.343 e. The molecule has 0 radical (unpaired) electrons. The van der Waals surface area contributed by atoms with Gasteiger partial charge in [0.15, 0.2) is 5.65 Å². The van der Waals surface area contributed by atoms with Crippen LogP contribution in [0.25, 0.3) is 5.65 Å². The lowest BCUT2D eigenvalue weighted by atomic mass is 9.92. The van der Waals surface area contributed by atoms with Crippen LogP contribution in [0.1, 0.15) is 61.5 Å². The van der Waals surface area contributed by atoms with Crippen molar-refractivity contribution in [2.24, 2.45) is 11.8 Å². The second-order valence-corrected chi connectivity index (χ2v) is 9.33. The van der Waals surface area contributed by atoms with E-state index >= 15 is 0 Å². The summed E-state index contributed by atoms with van der Waals surface area (Å²) in [7, 11) is 0. The van der Waals surface area contributed by atoms with Crippen molar-refractivity contribution < 1.29 is 9.59 Å². The topological polar surface area (TPSA) is 94.6 Å². The highest BCUT2D eigenvalue weighted by molar-refractivity contribution is 5.80. The van der Waals surface area contributed by atoms with Crippen LogP contribution in [0.2, 0.25) is 0 Å². The maximum atomic E-state index is 12.9. The molecule has 2 amide bonds. The first-order chi connectivity index (χ1) is 15.4. The predicted molar refractivity (Wildman–Crippen MR) is 120 cm³/mol. The minimum absolute atomic E-state index is 0.0534. The third-order valence-corrected chi connectivity index (χ3v) is 7.21. The number of amides is 2. The number of piperidine rings is 2. The molecule has 0 unspecified atom stereocenters. The van der Waals surface area contributed by atoms with E-state index < -0.39 is 0 Å². The quantitative estimate of drug-likeness (QED) is 0.734. The molecular weight excluding hydrogens is 404 g/mol. The Labute approximate surface area is 189 Å². The van der Waals surface area contributed by atoms with Gasteiger partial charge < -0.3 is 9.80 Å². The molecular formula is C24H32N6O2. The zero-order valence-electron chi connectivity index (χ0n) is 19.3. The van der Waals surface area contributed by atoms with Crippen molar-refractivity contribution in [3.05, 3.63) is 28.7 Å². The van der Waals surface area contributed by atoms with Crippen molar-refractivity contribution in [2.45, 2.75) is 59.3 Å². The van der Waals surface area contributed by atoms with Gasteiger partial charge in [0, 0.05) is 49.9 Å². The fourth-order valence-corrected chi connectivity index (χ4v) is 5.00. The lowest BCUT2D eigenvalue weighted by Gasteiger charge is -2.36. The highest BCUT2D eigenvalue weighted by Gasteiger charge is 2.31. The summed E-state index contributed by atoms with van der Waals surface area (Å²) in [6, 6.07) is 2.12. The number of hydrogen-bond acceptors (Lipinski definition) is 5. The van der Waals surface area contributed by atoms with Crippen LogP contribution < -0.4 is 0 Å². The number of hydrogen-bond donors (Lipinski definition) is 0. The normalized spacial score (nSPS) is 18.2. The number of likely N-dealkylation sites (tertiary alicyclic amines) is 2. The van der Waals surface area contributed by atoms with Crippen molar-refractivity contribution in [1.82, 2.24) is 24.4 Å². The molecule has 4 rings (SSSR count). The third kappa shape index (κ3) is 4.34. The van der Waals surface area contributed by atoms with Gasteiger partial charge in [-0.1, -0.05) is 6.92 Å². The van der Waals surface area contributed by atoms with Crippen LogP contribution in [0.5, 0.6) is 0 Å². The highest BCUT2D eigenvalue weighted by Crippen LogP contribution is 2.25. The summed E-state index contributed by atoms with van der Waals surface area (Å²) < 4.78 is 1.68. The monoisotopic (exact) mass is 436 g/mol. The van der Waals surface area contributed by atoms with E-state index in [1.807, 2.05) is 23.6 Å². The Morgan fingerprint density at radius 1 is 1.09 bits per heavy atom. The smallest absolute Gasteiger partial charge is 0.225 e. The van der Waals surface area contributed by atoms with Crippen molar-refractivity contribution in [3.63, 3.8) is 0 Å². The van der Waals surface area contributed by atoms with E-state index in [-0.39, 0.29) is 17.7 Å². The van der Waals surface area contributed by atoms with Crippen molar-refractivity contribution in [2.75, 3.05) is 26.2 Å². The average Bonchev–Trinajstić information content (AvgIpc) is 3.22. The molecule has 32 heavy (non-hydrogen) atoms. The average molecular weight is 437 g/mol. The number of fused-ring (bicyclic) bond motifs is 1. The molecule has 2 fully saturated rings. The summed E-state index contributed by atoms with van der Waals surface area (Å²) in [5.41, 5.74) is 3.77. The Kier molecular flexibility index (Phi) is 6.45. The highest BCUT2D eigenvalue weighted by atomic mass is 16.2. The molecule has 2 saturated heterocycles. The minimum atomic E-state index is 0.0534. The van der Waals surface area contributed by atoms with Gasteiger partial charge in [-0.15, -0.1) is 0 Å². The third-order valence-electron chi connectivity index (χ3n) is 7.21. The number of nitrogens with zero attached hydrogens (tertiary/aromatic N) is 6. The molecule has 0 aromatic carbocycles. The van der Waals surface area contributed by atoms with Gasteiger partial charge in [-0.25, -0.2) is 9.50 Å². The summed E-state index contributed by atoms with van der Waals surface area (Å²) in [6.45, 7) is 9.18. The molecule has 2 aliphatic heterocycles. The van der Waals surface area contributed by atoms with Crippen LogP contribution in [0.15, 0.2) is 6.20 Å². The van der Waals surface area contributed by atoms with Crippen molar-refractivity contribution >= 4 is 17.5 Å². The Bertz CT molecular complexity index is 1050. The number of aryl methyl sites for hydroxylation is 2. The molecule has 0 saturated carbocycles. The maximum Gasteiger partial charge on any atom is 0.225 e. The van der Waals surface area contributed by atoms with Crippen LogP contribution in [-0.2, 0) is 16.0 Å². The molecule has 0 spiro atoms. The lowest BCUT2D eigenvalue weighted by molar-refractivity contribution is -0.141. The number of nitriles is 1. The van der Waals surface area contributed by atoms with Gasteiger partial charge in [-0.05, 0) is 57.4 Å². The van der Waals surface area contributed by atoms with E-state index in [9.17, 15) is 14.9 Å². The first-order valence-electron chi connectivity index (χ1n) is 11.7. The van der Waals surface area contributed by atoms with Crippen molar-refractivity contribution in [3.8, 4) is 6.07 Å². The molecule has 0 bridgehead atoms. The van der Waals surface area contributed by atoms with Gasteiger partial charge in [0.25, 0.3) is 0 Å². The number of carbonyl (C=O) groups excluding carboxylic acids is 2. The summed E-state index contributed by atoms with van der Waals surface area (Å²) >= 11 is 0. The fraction of sp³-hybridized carbons (Fsp3) is 0.625. The Balaban J connectivity index is 1.32. The summed E-state index contributed by atoms with van der Waals surface area (Å²) in [4.78, 5) is 34.2. The molecule has 2 aromatic heterocycles. The van der Waals surface area contributed by atoms with E-state index in [0.29, 0.717) is 43.1 Å². The SMILES string of the molecule is Cc1nc2c(C#N)cnn2c(C)c1CCC(=O)N1CCC(C(=O)N2CCC(C)CC2)CC1. The standard InChI is InChI=1S/C24H32N6O2/c1-16-6-10-29(11-7-16)24(32)19-8-12-28(13-9-19)22(31)5-4-21-17(2)27-23-20(14-25)15-26-30(23)18(21)3/h15-16,19H,4-13H2,1-3H3. The van der Waals surface area contributed by atoms with E-state index in [0.717, 1.165) is 55.7 Å². The first-order valence-corrected chi connectivity index (χ1v) is 11.7. The maximum absolute atomic E-state index is 12.9. The van der Waals surface area contributed by atoms with Gasteiger partial charge in [0.1, 0.15) is 11.6 Å². The van der Waals surface area contributed by atoms with E-state index in [2.05, 4.69) is 23.1 Å². The second kappa shape index (κ2) is 9.27. The van der Waals surface area contributed by atoms with Gasteiger partial charge in [-0.3, -0.25) is 9.59 Å². The van der Waals surface area contributed by atoms with Crippen LogP contribution in [0.3, 0.4) is 0 Å². The second-order valence-electron chi connectivity index (χ2n) is 9.33. The summed E-state index contributed by atoms with van der Waals surface area (Å²) in [5, 5.41) is 13.5. The van der Waals surface area contributed by atoms with Crippen LogP contribution in [0.4, 0.5) is 0 Å². The Hall–Kier alpha value is -2.95. The molecule has 170 valence electrons. The van der Waals surface area contributed by atoms with E-state index in [1.165, 1.54) is 6.20 Å². The van der Waals surface area contributed by atoms with Gasteiger partial charge in [0.05, 0.1) is 6.20 Å². The summed E-state index contributed by atoms with van der Waals surface area (Å²) in [5.74, 6) is 1.17. The number of carbonyl (C=O) groups is 2. The number of rotatable bonds is 4. The molecule has 0 atom stereocenters.